The Bertz CT molecular complexity index is 379. The molecule has 1 N–H and O–H groups in total. The summed E-state index contributed by atoms with van der Waals surface area (Å²) in [7, 11) is 1.41. The molecule has 1 rings (SSSR count). The molecular formula is C12H16FNO2. The van der Waals surface area contributed by atoms with Gasteiger partial charge in [0, 0.05) is 6.04 Å². The van der Waals surface area contributed by atoms with E-state index in [4.69, 9.17) is 4.74 Å². The van der Waals surface area contributed by atoms with Gasteiger partial charge < -0.3 is 10.1 Å². The number of benzene rings is 1. The van der Waals surface area contributed by atoms with Crippen LogP contribution in [-0.2, 0) is 0 Å². The van der Waals surface area contributed by atoms with Gasteiger partial charge in [-0.1, -0.05) is 13.0 Å². The highest BCUT2D eigenvalue weighted by molar-refractivity contribution is 5.97. The van der Waals surface area contributed by atoms with Gasteiger partial charge in [-0.3, -0.25) is 4.79 Å². The van der Waals surface area contributed by atoms with Gasteiger partial charge in [-0.2, -0.15) is 0 Å². The Morgan fingerprint density at radius 1 is 1.56 bits per heavy atom. The van der Waals surface area contributed by atoms with Crippen LogP contribution in [0.3, 0.4) is 0 Å². The quantitative estimate of drug-likeness (QED) is 0.854. The number of halogens is 1. The highest BCUT2D eigenvalue weighted by atomic mass is 19.1. The van der Waals surface area contributed by atoms with E-state index in [2.05, 4.69) is 5.32 Å². The molecule has 4 heteroatoms. The predicted octanol–water partition coefficient (Wildman–Crippen LogP) is 2.36. The van der Waals surface area contributed by atoms with E-state index in [0.29, 0.717) is 0 Å². The molecule has 1 aromatic carbocycles. The fourth-order valence-corrected chi connectivity index (χ4v) is 1.29. The van der Waals surface area contributed by atoms with Crippen molar-refractivity contribution in [3.05, 3.63) is 29.6 Å². The molecule has 0 saturated carbocycles. The molecule has 0 heterocycles. The Labute approximate surface area is 94.6 Å². The average Bonchev–Trinajstić information content (AvgIpc) is 2.28. The Hall–Kier alpha value is -1.58. The van der Waals surface area contributed by atoms with E-state index < -0.39 is 11.7 Å². The maximum absolute atomic E-state index is 13.5. The van der Waals surface area contributed by atoms with E-state index in [1.807, 2.05) is 13.8 Å². The minimum Gasteiger partial charge on any atom is -0.496 e. The first-order valence-electron chi connectivity index (χ1n) is 5.23. The first-order valence-corrected chi connectivity index (χ1v) is 5.23. The third kappa shape index (κ3) is 2.72. The Morgan fingerprint density at radius 3 is 2.81 bits per heavy atom. The van der Waals surface area contributed by atoms with Gasteiger partial charge in [-0.25, -0.2) is 4.39 Å². The summed E-state index contributed by atoms with van der Waals surface area (Å²) in [5.74, 6) is -0.759. The van der Waals surface area contributed by atoms with Gasteiger partial charge in [-0.15, -0.1) is 0 Å². The molecule has 88 valence electrons. The molecule has 0 aromatic heterocycles. The Balaban J connectivity index is 2.98. The van der Waals surface area contributed by atoms with Gasteiger partial charge in [-0.05, 0) is 25.5 Å². The molecule has 0 spiro atoms. The summed E-state index contributed by atoms with van der Waals surface area (Å²) in [5, 5.41) is 2.70. The van der Waals surface area contributed by atoms with Crippen LogP contribution >= 0.6 is 0 Å². The number of amides is 1. The summed E-state index contributed by atoms with van der Waals surface area (Å²) in [4.78, 5) is 11.8. The van der Waals surface area contributed by atoms with Crippen LogP contribution in [0.1, 0.15) is 30.6 Å². The highest BCUT2D eigenvalue weighted by Crippen LogP contribution is 2.20. The number of nitrogens with one attached hydrogen (secondary N) is 1. The van der Waals surface area contributed by atoms with Gasteiger partial charge in [0.15, 0.2) is 0 Å². The molecule has 0 aliphatic rings. The largest absolute Gasteiger partial charge is 0.496 e. The highest BCUT2D eigenvalue weighted by Gasteiger charge is 2.18. The smallest absolute Gasteiger partial charge is 0.258 e. The van der Waals surface area contributed by atoms with Crippen LogP contribution in [-0.4, -0.2) is 19.1 Å². The zero-order chi connectivity index (χ0) is 12.1. The SMILES string of the molecule is CCC(C)NC(=O)c1c(F)cccc1OC. The molecule has 0 aliphatic carbocycles. The summed E-state index contributed by atoms with van der Waals surface area (Å²) in [6, 6.07) is 4.33. The van der Waals surface area contributed by atoms with E-state index in [-0.39, 0.29) is 17.4 Å². The molecule has 0 radical (unpaired) electrons. The number of methoxy groups -OCH3 is 1. The Morgan fingerprint density at radius 2 is 2.25 bits per heavy atom. The maximum Gasteiger partial charge on any atom is 0.258 e. The molecule has 0 bridgehead atoms. The molecule has 0 saturated heterocycles. The second-order valence-corrected chi connectivity index (χ2v) is 3.60. The lowest BCUT2D eigenvalue weighted by atomic mass is 10.1. The molecule has 16 heavy (non-hydrogen) atoms. The van der Waals surface area contributed by atoms with Crippen LogP contribution in [0.4, 0.5) is 4.39 Å². The predicted molar refractivity (Wildman–Crippen MR) is 60.2 cm³/mol. The lowest BCUT2D eigenvalue weighted by molar-refractivity contribution is 0.0932. The molecule has 1 atom stereocenters. The van der Waals surface area contributed by atoms with E-state index in [9.17, 15) is 9.18 Å². The zero-order valence-electron chi connectivity index (χ0n) is 9.71. The standard InChI is InChI=1S/C12H16FNO2/c1-4-8(2)14-12(15)11-9(13)6-5-7-10(11)16-3/h5-8H,4H2,1-3H3,(H,14,15). The minimum atomic E-state index is -0.569. The van der Waals surface area contributed by atoms with Crippen molar-refractivity contribution in [1.29, 1.82) is 0 Å². The van der Waals surface area contributed by atoms with Crippen LogP contribution in [0.25, 0.3) is 0 Å². The lowest BCUT2D eigenvalue weighted by Crippen LogP contribution is -2.32. The van der Waals surface area contributed by atoms with Gasteiger partial charge in [0.1, 0.15) is 17.1 Å². The monoisotopic (exact) mass is 225 g/mol. The third-order valence-electron chi connectivity index (χ3n) is 2.41. The van der Waals surface area contributed by atoms with Crippen LogP contribution in [0.15, 0.2) is 18.2 Å². The lowest BCUT2D eigenvalue weighted by Gasteiger charge is -2.13. The molecule has 1 amide bonds. The average molecular weight is 225 g/mol. The topological polar surface area (TPSA) is 38.3 Å². The Kier molecular flexibility index (Phi) is 4.28. The minimum absolute atomic E-state index is 0.0109. The summed E-state index contributed by atoms with van der Waals surface area (Å²) in [6.45, 7) is 3.81. The van der Waals surface area contributed by atoms with Gasteiger partial charge in [0.2, 0.25) is 0 Å². The van der Waals surface area contributed by atoms with Crippen LogP contribution < -0.4 is 10.1 Å². The van der Waals surface area contributed by atoms with Gasteiger partial charge in [0.05, 0.1) is 7.11 Å². The number of ether oxygens (including phenoxy) is 1. The normalized spacial score (nSPS) is 12.0. The van der Waals surface area contributed by atoms with Crippen molar-refractivity contribution in [3.8, 4) is 5.75 Å². The summed E-state index contributed by atoms with van der Waals surface area (Å²) in [6.07, 6.45) is 0.794. The third-order valence-corrected chi connectivity index (χ3v) is 2.41. The van der Waals surface area contributed by atoms with Crippen molar-refractivity contribution in [2.24, 2.45) is 0 Å². The van der Waals surface area contributed by atoms with Crippen LogP contribution in [0.2, 0.25) is 0 Å². The van der Waals surface area contributed by atoms with Crippen LogP contribution in [0.5, 0.6) is 5.75 Å². The van der Waals surface area contributed by atoms with Gasteiger partial charge >= 0.3 is 0 Å². The molecule has 1 aromatic rings. The fourth-order valence-electron chi connectivity index (χ4n) is 1.29. The number of carbonyl (C=O) groups excluding carboxylic acids is 1. The molecular weight excluding hydrogens is 209 g/mol. The number of carbonyl (C=O) groups is 1. The summed E-state index contributed by atoms with van der Waals surface area (Å²) >= 11 is 0. The number of rotatable bonds is 4. The van der Waals surface area contributed by atoms with E-state index in [1.165, 1.54) is 19.2 Å². The van der Waals surface area contributed by atoms with Crippen molar-refractivity contribution >= 4 is 5.91 Å². The van der Waals surface area contributed by atoms with Crippen LogP contribution in [0, 0.1) is 5.82 Å². The summed E-state index contributed by atoms with van der Waals surface area (Å²) < 4.78 is 18.5. The first kappa shape index (κ1) is 12.5. The van der Waals surface area contributed by atoms with E-state index in [0.717, 1.165) is 6.42 Å². The first-order chi connectivity index (χ1) is 7.60. The van der Waals surface area contributed by atoms with Crippen molar-refractivity contribution in [2.75, 3.05) is 7.11 Å². The molecule has 0 aliphatic heterocycles. The van der Waals surface area contributed by atoms with Crippen molar-refractivity contribution < 1.29 is 13.9 Å². The number of hydrogen-bond acceptors (Lipinski definition) is 2. The molecule has 3 nitrogen and oxygen atoms in total. The van der Waals surface area contributed by atoms with Gasteiger partial charge in [0.25, 0.3) is 5.91 Å². The summed E-state index contributed by atoms with van der Waals surface area (Å²) in [5.41, 5.74) is -0.0368. The van der Waals surface area contributed by atoms with E-state index in [1.54, 1.807) is 6.07 Å². The molecule has 0 fully saturated rings. The van der Waals surface area contributed by atoms with Crippen molar-refractivity contribution in [3.63, 3.8) is 0 Å². The van der Waals surface area contributed by atoms with Crippen molar-refractivity contribution in [2.45, 2.75) is 26.3 Å². The molecule has 1 unspecified atom stereocenters. The maximum atomic E-state index is 13.5. The zero-order valence-corrected chi connectivity index (χ0v) is 9.71. The second-order valence-electron chi connectivity index (χ2n) is 3.60. The second kappa shape index (κ2) is 5.49. The van der Waals surface area contributed by atoms with Crippen molar-refractivity contribution in [1.82, 2.24) is 5.32 Å². The van der Waals surface area contributed by atoms with E-state index >= 15 is 0 Å². The number of hydrogen-bond donors (Lipinski definition) is 1. The fraction of sp³-hybridized carbons (Fsp3) is 0.417.